The molecule has 0 unspecified atom stereocenters. The van der Waals surface area contributed by atoms with Crippen molar-refractivity contribution in [2.75, 3.05) is 48.1 Å². The minimum atomic E-state index is 0.462. The average Bonchev–Trinajstić information content (AvgIpc) is 2.93. The number of nitrogens with two attached hydrogens (primary N) is 2. The van der Waals surface area contributed by atoms with Gasteiger partial charge in [-0.25, -0.2) is 0 Å². The molecule has 3 aromatic carbocycles. The fourth-order valence-corrected chi connectivity index (χ4v) is 3.67. The first kappa shape index (κ1) is 29.6. The van der Waals surface area contributed by atoms with Crippen LogP contribution in [-0.4, -0.2) is 48.1 Å². The van der Waals surface area contributed by atoms with Gasteiger partial charge in [-0.15, -0.1) is 0 Å². The van der Waals surface area contributed by atoms with Crippen molar-refractivity contribution in [3.05, 3.63) is 71.3 Å². The van der Waals surface area contributed by atoms with Crippen LogP contribution in [0.4, 0.5) is 0 Å². The molecule has 0 aromatic heterocycles. The second-order valence-electron chi connectivity index (χ2n) is 7.94. The summed E-state index contributed by atoms with van der Waals surface area (Å²) in [4.78, 5) is 0. The van der Waals surface area contributed by atoms with Gasteiger partial charge < -0.3 is 39.9 Å². The molecule has 37 heavy (non-hydrogen) atoms. The molecule has 8 nitrogen and oxygen atoms in total. The maximum absolute atomic E-state index is 5.89. The van der Waals surface area contributed by atoms with Crippen LogP contribution in [-0.2, 0) is 19.4 Å². The minimum Gasteiger partial charge on any atom is -0.493 e. The quantitative estimate of drug-likeness (QED) is 0.347. The minimum absolute atomic E-state index is 0.462. The molecule has 202 valence electrons. The molecule has 8 heteroatoms. The highest BCUT2D eigenvalue weighted by Gasteiger charge is 2.15. The standard InChI is InChI=1S/C17H21NO3.C12H19NO3/c1-19-15-10-14(8-9-18)11-16(20-2)17(15)21-12-13-6-4-3-5-7-13;1-4-16-11-8-9(5-6-13)7-10(14-2)12(11)15-3/h3-7,10-11H,8-9,12,18H2,1-2H3;7-8H,4-6,13H2,1-3H3. The Labute approximate surface area is 220 Å². The maximum atomic E-state index is 5.89. The summed E-state index contributed by atoms with van der Waals surface area (Å²) in [5.74, 6) is 3.95. The third-order valence-corrected chi connectivity index (χ3v) is 5.42. The second kappa shape index (κ2) is 16.2. The molecule has 0 radical (unpaired) electrons. The molecule has 3 rings (SSSR count). The van der Waals surface area contributed by atoms with Gasteiger partial charge in [-0.2, -0.15) is 0 Å². The van der Waals surface area contributed by atoms with Crippen molar-refractivity contribution in [3.8, 4) is 34.5 Å². The molecular weight excluding hydrogens is 472 g/mol. The Bertz CT molecular complexity index is 1050. The Balaban J connectivity index is 0.000000271. The highest BCUT2D eigenvalue weighted by molar-refractivity contribution is 5.54. The average molecular weight is 513 g/mol. The predicted octanol–water partition coefficient (Wildman–Crippen LogP) is 4.39. The van der Waals surface area contributed by atoms with Crippen LogP contribution in [0.1, 0.15) is 23.6 Å². The third-order valence-electron chi connectivity index (χ3n) is 5.42. The van der Waals surface area contributed by atoms with E-state index in [0.29, 0.717) is 60.8 Å². The highest BCUT2D eigenvalue weighted by atomic mass is 16.5. The van der Waals surface area contributed by atoms with E-state index in [1.807, 2.05) is 61.5 Å². The summed E-state index contributed by atoms with van der Waals surface area (Å²) in [5.41, 5.74) is 14.4. The molecule has 0 spiro atoms. The second-order valence-corrected chi connectivity index (χ2v) is 7.94. The molecule has 0 saturated heterocycles. The zero-order valence-corrected chi connectivity index (χ0v) is 22.5. The molecule has 0 saturated carbocycles. The van der Waals surface area contributed by atoms with E-state index in [4.69, 9.17) is 39.9 Å². The lowest BCUT2D eigenvalue weighted by Crippen LogP contribution is -2.05. The molecule has 0 amide bonds. The van der Waals surface area contributed by atoms with Crippen molar-refractivity contribution in [1.82, 2.24) is 0 Å². The van der Waals surface area contributed by atoms with Crippen LogP contribution in [0.3, 0.4) is 0 Å². The molecule has 3 aromatic rings. The summed E-state index contributed by atoms with van der Waals surface area (Å²) in [6, 6.07) is 17.7. The van der Waals surface area contributed by atoms with Crippen molar-refractivity contribution in [2.45, 2.75) is 26.4 Å². The smallest absolute Gasteiger partial charge is 0.203 e. The van der Waals surface area contributed by atoms with Crippen molar-refractivity contribution in [2.24, 2.45) is 11.5 Å². The fourth-order valence-electron chi connectivity index (χ4n) is 3.67. The first-order valence-corrected chi connectivity index (χ1v) is 12.2. The van der Waals surface area contributed by atoms with Gasteiger partial charge in [-0.05, 0) is 73.8 Å². The Morgan fingerprint density at radius 1 is 0.568 bits per heavy atom. The van der Waals surface area contributed by atoms with Gasteiger partial charge >= 0.3 is 0 Å². The van der Waals surface area contributed by atoms with Crippen LogP contribution in [0.5, 0.6) is 34.5 Å². The first-order chi connectivity index (χ1) is 18.0. The van der Waals surface area contributed by atoms with Gasteiger partial charge in [0.15, 0.2) is 23.0 Å². The van der Waals surface area contributed by atoms with E-state index < -0.39 is 0 Å². The van der Waals surface area contributed by atoms with Crippen LogP contribution in [0.2, 0.25) is 0 Å². The molecule has 0 atom stereocenters. The summed E-state index contributed by atoms with van der Waals surface area (Å²) in [7, 11) is 6.45. The van der Waals surface area contributed by atoms with Gasteiger partial charge in [0, 0.05) is 0 Å². The molecule has 0 bridgehead atoms. The Kier molecular flexibility index (Phi) is 13.0. The van der Waals surface area contributed by atoms with Crippen molar-refractivity contribution < 1.29 is 28.4 Å². The van der Waals surface area contributed by atoms with E-state index in [0.717, 1.165) is 29.5 Å². The monoisotopic (exact) mass is 512 g/mol. The molecule has 0 heterocycles. The van der Waals surface area contributed by atoms with E-state index in [-0.39, 0.29) is 0 Å². The lowest BCUT2D eigenvalue weighted by molar-refractivity contribution is 0.265. The SMILES string of the molecule is CCOc1cc(CCN)cc(OC)c1OC.COc1cc(CCN)cc(OC)c1OCc1ccccc1. The predicted molar refractivity (Wildman–Crippen MR) is 147 cm³/mol. The van der Waals surface area contributed by atoms with E-state index in [2.05, 4.69) is 0 Å². The van der Waals surface area contributed by atoms with Crippen molar-refractivity contribution in [3.63, 3.8) is 0 Å². The highest BCUT2D eigenvalue weighted by Crippen LogP contribution is 2.39. The molecular formula is C29H40N2O6. The van der Waals surface area contributed by atoms with Gasteiger partial charge in [0.2, 0.25) is 11.5 Å². The third kappa shape index (κ3) is 8.77. The Morgan fingerprint density at radius 2 is 1.05 bits per heavy atom. The topological polar surface area (TPSA) is 107 Å². The maximum Gasteiger partial charge on any atom is 0.203 e. The summed E-state index contributed by atoms with van der Waals surface area (Å²) < 4.78 is 32.8. The van der Waals surface area contributed by atoms with Gasteiger partial charge in [-0.3, -0.25) is 0 Å². The summed E-state index contributed by atoms with van der Waals surface area (Å²) in [6.07, 6.45) is 1.56. The molecule has 0 aliphatic rings. The Hall–Kier alpha value is -3.62. The fraction of sp³-hybridized carbons (Fsp3) is 0.379. The zero-order valence-electron chi connectivity index (χ0n) is 22.5. The van der Waals surface area contributed by atoms with Gasteiger partial charge in [0.1, 0.15) is 6.61 Å². The van der Waals surface area contributed by atoms with Crippen LogP contribution < -0.4 is 39.9 Å². The number of ether oxygens (including phenoxy) is 6. The van der Waals surface area contributed by atoms with Crippen molar-refractivity contribution in [1.29, 1.82) is 0 Å². The lowest BCUT2D eigenvalue weighted by atomic mass is 10.1. The van der Waals surface area contributed by atoms with E-state index in [9.17, 15) is 0 Å². The van der Waals surface area contributed by atoms with Crippen LogP contribution in [0, 0.1) is 0 Å². The lowest BCUT2D eigenvalue weighted by Gasteiger charge is -2.16. The number of benzene rings is 3. The normalized spacial score (nSPS) is 10.1. The van der Waals surface area contributed by atoms with Crippen LogP contribution in [0.15, 0.2) is 54.6 Å². The van der Waals surface area contributed by atoms with Crippen molar-refractivity contribution >= 4 is 0 Å². The molecule has 0 fully saturated rings. The summed E-state index contributed by atoms with van der Waals surface area (Å²) in [5, 5.41) is 0. The number of hydrogen-bond acceptors (Lipinski definition) is 8. The molecule has 0 aliphatic heterocycles. The van der Waals surface area contributed by atoms with E-state index in [1.165, 1.54) is 0 Å². The number of rotatable bonds is 13. The number of methoxy groups -OCH3 is 4. The van der Waals surface area contributed by atoms with Gasteiger partial charge in [0.25, 0.3) is 0 Å². The largest absolute Gasteiger partial charge is 0.493 e. The summed E-state index contributed by atoms with van der Waals surface area (Å²) in [6.45, 7) is 4.16. The van der Waals surface area contributed by atoms with Crippen LogP contribution in [0.25, 0.3) is 0 Å². The van der Waals surface area contributed by atoms with Crippen LogP contribution >= 0.6 is 0 Å². The number of hydrogen-bond donors (Lipinski definition) is 2. The van der Waals surface area contributed by atoms with E-state index in [1.54, 1.807) is 28.4 Å². The Morgan fingerprint density at radius 3 is 1.49 bits per heavy atom. The van der Waals surface area contributed by atoms with E-state index >= 15 is 0 Å². The molecule has 4 N–H and O–H groups in total. The molecule has 0 aliphatic carbocycles. The first-order valence-electron chi connectivity index (χ1n) is 12.2. The van der Waals surface area contributed by atoms with Gasteiger partial charge in [-0.1, -0.05) is 30.3 Å². The zero-order chi connectivity index (χ0) is 27.0. The van der Waals surface area contributed by atoms with Gasteiger partial charge in [0.05, 0.1) is 35.0 Å². The summed E-state index contributed by atoms with van der Waals surface area (Å²) >= 11 is 0.